The van der Waals surface area contributed by atoms with Crippen LogP contribution in [0.5, 0.6) is 0 Å². The standard InChI is InChI=1S/C13H26N2O2.ClH/c1-13(2,12(16)17-4)7-9-15-8-5-6-11(10-15)14-3;/h11,14H,5-10H2,1-4H3;1H. The van der Waals surface area contributed by atoms with Gasteiger partial charge in [-0.05, 0) is 53.2 Å². The molecule has 0 aromatic rings. The number of likely N-dealkylation sites (tertiary alicyclic amines) is 1. The number of rotatable bonds is 5. The van der Waals surface area contributed by atoms with Crippen LogP contribution in [0.15, 0.2) is 0 Å². The number of hydrogen-bond donors (Lipinski definition) is 1. The smallest absolute Gasteiger partial charge is 0.311 e. The largest absolute Gasteiger partial charge is 0.469 e. The molecule has 0 amide bonds. The van der Waals surface area contributed by atoms with Crippen LogP contribution in [0.3, 0.4) is 0 Å². The molecule has 0 aliphatic carbocycles. The van der Waals surface area contributed by atoms with Gasteiger partial charge < -0.3 is 15.0 Å². The molecule has 0 spiro atoms. The van der Waals surface area contributed by atoms with Gasteiger partial charge in [-0.1, -0.05) is 0 Å². The zero-order chi connectivity index (χ0) is 12.9. The first-order valence-corrected chi connectivity index (χ1v) is 6.47. The van der Waals surface area contributed by atoms with Crippen LogP contribution in [0.25, 0.3) is 0 Å². The normalized spacial score (nSPS) is 21.2. The van der Waals surface area contributed by atoms with E-state index in [2.05, 4.69) is 10.2 Å². The average molecular weight is 279 g/mol. The first-order chi connectivity index (χ1) is 7.99. The molecule has 1 rings (SSSR count). The van der Waals surface area contributed by atoms with Gasteiger partial charge in [0.15, 0.2) is 0 Å². The second-order valence-electron chi connectivity index (χ2n) is 5.55. The van der Waals surface area contributed by atoms with E-state index in [-0.39, 0.29) is 23.8 Å². The van der Waals surface area contributed by atoms with Gasteiger partial charge in [0, 0.05) is 12.6 Å². The fraction of sp³-hybridized carbons (Fsp3) is 0.923. The molecule has 1 unspecified atom stereocenters. The van der Waals surface area contributed by atoms with Crippen molar-refractivity contribution in [2.45, 2.75) is 39.2 Å². The maximum Gasteiger partial charge on any atom is 0.311 e. The van der Waals surface area contributed by atoms with E-state index in [0.29, 0.717) is 6.04 Å². The Labute approximate surface area is 117 Å². The summed E-state index contributed by atoms with van der Waals surface area (Å²) in [6, 6.07) is 0.602. The fourth-order valence-electron chi connectivity index (χ4n) is 2.31. The van der Waals surface area contributed by atoms with Crippen LogP contribution in [-0.2, 0) is 9.53 Å². The van der Waals surface area contributed by atoms with Gasteiger partial charge in [0.25, 0.3) is 0 Å². The predicted molar refractivity (Wildman–Crippen MR) is 76.2 cm³/mol. The molecule has 1 aliphatic heterocycles. The summed E-state index contributed by atoms with van der Waals surface area (Å²) in [5.41, 5.74) is -0.374. The number of ether oxygens (including phenoxy) is 1. The third kappa shape index (κ3) is 5.12. The Morgan fingerprint density at radius 1 is 1.50 bits per heavy atom. The van der Waals surface area contributed by atoms with Crippen molar-refractivity contribution >= 4 is 18.4 Å². The Hall–Kier alpha value is -0.320. The zero-order valence-corrected chi connectivity index (χ0v) is 12.8. The number of carbonyl (C=O) groups is 1. The van der Waals surface area contributed by atoms with E-state index in [1.54, 1.807) is 0 Å². The molecule has 5 heteroatoms. The summed E-state index contributed by atoms with van der Waals surface area (Å²) in [4.78, 5) is 14.0. The lowest BCUT2D eigenvalue weighted by Crippen LogP contribution is -2.45. The summed E-state index contributed by atoms with van der Waals surface area (Å²) in [5.74, 6) is -0.111. The highest BCUT2D eigenvalue weighted by Crippen LogP contribution is 2.23. The Balaban J connectivity index is 0.00000289. The van der Waals surface area contributed by atoms with Gasteiger partial charge in [0.1, 0.15) is 0 Å². The molecule has 1 aliphatic rings. The topological polar surface area (TPSA) is 41.6 Å². The van der Waals surface area contributed by atoms with Crippen molar-refractivity contribution in [2.75, 3.05) is 33.8 Å². The highest BCUT2D eigenvalue weighted by Gasteiger charge is 2.29. The van der Waals surface area contributed by atoms with Crippen LogP contribution < -0.4 is 5.32 Å². The quantitative estimate of drug-likeness (QED) is 0.777. The molecule has 108 valence electrons. The van der Waals surface area contributed by atoms with Crippen molar-refractivity contribution in [2.24, 2.45) is 5.41 Å². The minimum Gasteiger partial charge on any atom is -0.469 e. The summed E-state index contributed by atoms with van der Waals surface area (Å²) >= 11 is 0. The number of methoxy groups -OCH3 is 1. The Morgan fingerprint density at radius 2 is 2.17 bits per heavy atom. The lowest BCUT2D eigenvalue weighted by atomic mass is 9.89. The van der Waals surface area contributed by atoms with E-state index in [0.717, 1.165) is 26.1 Å². The van der Waals surface area contributed by atoms with Gasteiger partial charge in [-0.15, -0.1) is 12.4 Å². The third-order valence-electron chi connectivity index (χ3n) is 3.70. The van der Waals surface area contributed by atoms with Crippen LogP contribution >= 0.6 is 12.4 Å². The minimum absolute atomic E-state index is 0. The van der Waals surface area contributed by atoms with E-state index < -0.39 is 0 Å². The average Bonchev–Trinajstić information content (AvgIpc) is 2.35. The van der Waals surface area contributed by atoms with E-state index in [1.165, 1.54) is 20.0 Å². The number of likely N-dealkylation sites (N-methyl/N-ethyl adjacent to an activating group) is 1. The number of nitrogens with zero attached hydrogens (tertiary/aromatic N) is 1. The Bertz CT molecular complexity index is 259. The molecule has 1 atom stereocenters. The second kappa shape index (κ2) is 7.97. The number of hydrogen-bond acceptors (Lipinski definition) is 4. The number of esters is 1. The van der Waals surface area contributed by atoms with Crippen molar-refractivity contribution < 1.29 is 9.53 Å². The molecule has 0 aromatic carbocycles. The van der Waals surface area contributed by atoms with Crippen molar-refractivity contribution in [1.29, 1.82) is 0 Å². The second-order valence-corrected chi connectivity index (χ2v) is 5.55. The molecule has 1 N–H and O–H groups in total. The summed E-state index contributed by atoms with van der Waals surface area (Å²) in [5, 5.41) is 3.33. The molecular weight excluding hydrogens is 252 g/mol. The molecule has 0 saturated carbocycles. The highest BCUT2D eigenvalue weighted by atomic mass is 35.5. The van der Waals surface area contributed by atoms with E-state index in [4.69, 9.17) is 4.74 Å². The fourth-order valence-corrected chi connectivity index (χ4v) is 2.31. The van der Waals surface area contributed by atoms with Crippen molar-refractivity contribution in [3.05, 3.63) is 0 Å². The number of carbonyl (C=O) groups excluding carboxylic acids is 1. The molecule has 0 radical (unpaired) electrons. The number of piperidine rings is 1. The van der Waals surface area contributed by atoms with Crippen LogP contribution in [-0.4, -0.2) is 50.7 Å². The summed E-state index contributed by atoms with van der Waals surface area (Å²) in [7, 11) is 3.48. The minimum atomic E-state index is -0.374. The first-order valence-electron chi connectivity index (χ1n) is 6.47. The molecule has 0 bridgehead atoms. The van der Waals surface area contributed by atoms with E-state index in [9.17, 15) is 4.79 Å². The number of nitrogens with one attached hydrogen (secondary N) is 1. The summed E-state index contributed by atoms with van der Waals surface area (Å²) < 4.78 is 4.83. The van der Waals surface area contributed by atoms with Crippen molar-refractivity contribution in [3.63, 3.8) is 0 Å². The van der Waals surface area contributed by atoms with Gasteiger partial charge in [-0.2, -0.15) is 0 Å². The molecule has 0 aromatic heterocycles. The van der Waals surface area contributed by atoms with Gasteiger partial charge >= 0.3 is 5.97 Å². The molecule has 1 heterocycles. The van der Waals surface area contributed by atoms with Crippen LogP contribution in [0, 0.1) is 5.41 Å². The predicted octanol–water partition coefficient (Wildman–Crippen LogP) is 1.68. The molecular formula is C13H27ClN2O2. The Morgan fingerprint density at radius 3 is 2.72 bits per heavy atom. The molecule has 1 saturated heterocycles. The summed E-state index contributed by atoms with van der Waals surface area (Å²) in [6.45, 7) is 7.13. The number of halogens is 1. The first kappa shape index (κ1) is 17.7. The SMILES string of the molecule is CNC1CCCN(CCC(C)(C)C(=O)OC)C1.Cl. The lowest BCUT2D eigenvalue weighted by molar-refractivity contribution is -0.151. The van der Waals surface area contributed by atoms with Crippen LogP contribution in [0.1, 0.15) is 33.1 Å². The summed E-state index contributed by atoms with van der Waals surface area (Å²) in [6.07, 6.45) is 3.35. The van der Waals surface area contributed by atoms with Gasteiger partial charge in [-0.25, -0.2) is 0 Å². The van der Waals surface area contributed by atoms with Crippen LogP contribution in [0.4, 0.5) is 0 Å². The van der Waals surface area contributed by atoms with Gasteiger partial charge in [0.05, 0.1) is 12.5 Å². The lowest BCUT2D eigenvalue weighted by Gasteiger charge is -2.34. The monoisotopic (exact) mass is 278 g/mol. The zero-order valence-electron chi connectivity index (χ0n) is 12.0. The maximum atomic E-state index is 11.6. The van der Waals surface area contributed by atoms with Crippen molar-refractivity contribution in [1.82, 2.24) is 10.2 Å². The Kier molecular flexibility index (Phi) is 7.83. The van der Waals surface area contributed by atoms with Crippen LogP contribution in [0.2, 0.25) is 0 Å². The van der Waals surface area contributed by atoms with E-state index in [1.807, 2.05) is 20.9 Å². The van der Waals surface area contributed by atoms with Gasteiger partial charge in [0.2, 0.25) is 0 Å². The molecule has 4 nitrogen and oxygen atoms in total. The van der Waals surface area contributed by atoms with E-state index >= 15 is 0 Å². The van der Waals surface area contributed by atoms with Crippen molar-refractivity contribution in [3.8, 4) is 0 Å². The van der Waals surface area contributed by atoms with Gasteiger partial charge in [-0.3, -0.25) is 4.79 Å². The molecule has 18 heavy (non-hydrogen) atoms. The third-order valence-corrected chi connectivity index (χ3v) is 3.70. The highest BCUT2D eigenvalue weighted by molar-refractivity contribution is 5.85. The molecule has 1 fully saturated rings. The maximum absolute atomic E-state index is 11.6.